The third kappa shape index (κ3) is 1.49. The van der Waals surface area contributed by atoms with Crippen LogP contribution in [-0.4, -0.2) is 21.0 Å². The summed E-state index contributed by atoms with van der Waals surface area (Å²) in [6.45, 7) is 0.739. The first kappa shape index (κ1) is 11.7. The molecule has 0 unspecified atom stereocenters. The maximum Gasteiger partial charge on any atom is 0.215 e. The lowest BCUT2D eigenvalue weighted by Gasteiger charge is -2.01. The molecule has 6 heteroatoms. The van der Waals surface area contributed by atoms with Crippen LogP contribution in [0.2, 0.25) is 0 Å². The van der Waals surface area contributed by atoms with Gasteiger partial charge in [0.2, 0.25) is 5.78 Å². The molecule has 1 N–H and O–H groups in total. The van der Waals surface area contributed by atoms with Crippen LogP contribution in [0.1, 0.15) is 5.69 Å². The van der Waals surface area contributed by atoms with Gasteiger partial charge < -0.3 is 9.88 Å². The van der Waals surface area contributed by atoms with Crippen LogP contribution >= 0.6 is 15.9 Å². The van der Waals surface area contributed by atoms with Gasteiger partial charge in [-0.25, -0.2) is 9.37 Å². The van der Waals surface area contributed by atoms with E-state index in [4.69, 9.17) is 0 Å². The zero-order chi connectivity index (χ0) is 12.9. The fourth-order valence-electron chi connectivity index (χ4n) is 2.21. The lowest BCUT2D eigenvalue weighted by Crippen LogP contribution is -2.09. The number of benzene rings is 1. The predicted octanol–water partition coefficient (Wildman–Crippen LogP) is 2.45. The van der Waals surface area contributed by atoms with Crippen LogP contribution in [0.25, 0.3) is 16.8 Å². The molecule has 2 heterocycles. The Morgan fingerprint density at radius 1 is 1.44 bits per heavy atom. The first-order valence-corrected chi connectivity index (χ1v) is 6.38. The normalized spacial score (nSPS) is 11.8. The van der Waals surface area contributed by atoms with Crippen molar-refractivity contribution in [2.75, 3.05) is 7.05 Å². The van der Waals surface area contributed by atoms with Gasteiger partial charge in [0.1, 0.15) is 10.4 Å². The molecule has 0 aliphatic carbocycles. The Bertz CT molecular complexity index is 744. The molecule has 18 heavy (non-hydrogen) atoms. The molecule has 4 nitrogen and oxygen atoms in total. The summed E-state index contributed by atoms with van der Waals surface area (Å²) >= 11 is 3.59. The van der Waals surface area contributed by atoms with E-state index in [-0.39, 0.29) is 5.82 Å². The molecule has 1 aromatic carbocycles. The summed E-state index contributed by atoms with van der Waals surface area (Å²) in [7, 11) is 3.85. The molecule has 3 rings (SSSR count). The second-order valence-electron chi connectivity index (χ2n) is 4.21. The van der Waals surface area contributed by atoms with Gasteiger partial charge in [0.25, 0.3) is 0 Å². The van der Waals surface area contributed by atoms with Crippen molar-refractivity contribution in [3.8, 4) is 0 Å². The molecular formula is C12H12BrFN4. The zero-order valence-electron chi connectivity index (χ0n) is 10.0. The smallest absolute Gasteiger partial charge is 0.215 e. The molecule has 0 aliphatic rings. The average molecular weight is 311 g/mol. The Morgan fingerprint density at radius 3 is 2.94 bits per heavy atom. The number of rotatable bonds is 2. The summed E-state index contributed by atoms with van der Waals surface area (Å²) in [4.78, 5) is 4.47. The Labute approximate surface area is 112 Å². The summed E-state index contributed by atoms with van der Waals surface area (Å²) in [5.74, 6) is 0.533. The van der Waals surface area contributed by atoms with Gasteiger partial charge in [0.05, 0.1) is 16.7 Å². The van der Waals surface area contributed by atoms with E-state index >= 15 is 0 Å². The topological polar surface area (TPSA) is 34.3 Å². The molecular weight excluding hydrogens is 299 g/mol. The molecule has 0 spiro atoms. The predicted molar refractivity (Wildman–Crippen MR) is 72.1 cm³/mol. The van der Waals surface area contributed by atoms with E-state index in [0.29, 0.717) is 5.52 Å². The van der Waals surface area contributed by atoms with Crippen LogP contribution < -0.4 is 5.32 Å². The molecule has 0 bridgehead atoms. The highest BCUT2D eigenvalue weighted by molar-refractivity contribution is 9.10. The molecule has 0 aliphatic heterocycles. The van der Waals surface area contributed by atoms with Gasteiger partial charge in [0, 0.05) is 19.7 Å². The van der Waals surface area contributed by atoms with Crippen molar-refractivity contribution in [2.24, 2.45) is 7.05 Å². The lowest BCUT2D eigenvalue weighted by molar-refractivity contribution is 0.629. The number of hydrogen-bond donors (Lipinski definition) is 1. The van der Waals surface area contributed by atoms with E-state index in [1.54, 1.807) is 6.07 Å². The van der Waals surface area contributed by atoms with Crippen molar-refractivity contribution in [3.05, 3.63) is 34.3 Å². The molecule has 0 radical (unpaired) electrons. The van der Waals surface area contributed by atoms with Crippen LogP contribution in [0, 0.1) is 5.82 Å². The molecule has 94 valence electrons. The number of halogens is 2. The first-order valence-electron chi connectivity index (χ1n) is 5.59. The monoisotopic (exact) mass is 310 g/mol. The first-order chi connectivity index (χ1) is 8.63. The Kier molecular flexibility index (Phi) is 2.64. The molecule has 0 saturated carbocycles. The van der Waals surface area contributed by atoms with Crippen LogP contribution in [-0.2, 0) is 13.6 Å². The summed E-state index contributed by atoms with van der Waals surface area (Å²) in [5.41, 5.74) is 2.67. The molecule has 0 fully saturated rings. The maximum absolute atomic E-state index is 13.2. The van der Waals surface area contributed by atoms with E-state index in [9.17, 15) is 4.39 Å². The molecule has 0 amide bonds. The third-order valence-electron chi connectivity index (χ3n) is 3.08. The number of aryl methyl sites for hydroxylation is 1. The van der Waals surface area contributed by atoms with Crippen molar-refractivity contribution in [2.45, 2.75) is 6.54 Å². The van der Waals surface area contributed by atoms with Crippen molar-refractivity contribution >= 4 is 32.7 Å². The highest BCUT2D eigenvalue weighted by Crippen LogP contribution is 2.27. The summed E-state index contributed by atoms with van der Waals surface area (Å²) in [6, 6.07) is 4.65. The number of nitrogens with zero attached hydrogens (tertiary/aromatic N) is 3. The van der Waals surface area contributed by atoms with Gasteiger partial charge in [-0.3, -0.25) is 4.40 Å². The Hall–Kier alpha value is -1.40. The lowest BCUT2D eigenvalue weighted by atomic mass is 10.3. The standard InChI is InChI=1S/C12H12BrFN4/c1-15-6-10-11(13)18-9-4-3-7(14)5-8(9)16-12(18)17(10)2/h3-5,15H,6H2,1-2H3. The van der Waals surface area contributed by atoms with Gasteiger partial charge in [-0.2, -0.15) is 0 Å². The molecule has 0 saturated heterocycles. The highest BCUT2D eigenvalue weighted by Gasteiger charge is 2.17. The number of imidazole rings is 2. The van der Waals surface area contributed by atoms with Gasteiger partial charge in [-0.05, 0) is 35.1 Å². The van der Waals surface area contributed by atoms with Gasteiger partial charge in [-0.1, -0.05) is 0 Å². The summed E-state index contributed by atoms with van der Waals surface area (Å²) < 4.78 is 18.1. The average Bonchev–Trinajstić information content (AvgIpc) is 2.81. The summed E-state index contributed by atoms with van der Waals surface area (Å²) in [5, 5.41) is 3.12. The van der Waals surface area contributed by atoms with E-state index in [2.05, 4.69) is 26.2 Å². The van der Waals surface area contributed by atoms with Crippen LogP contribution in [0.3, 0.4) is 0 Å². The molecule has 0 atom stereocenters. The van der Waals surface area contributed by atoms with Gasteiger partial charge in [0.15, 0.2) is 0 Å². The van der Waals surface area contributed by atoms with Crippen LogP contribution in [0.5, 0.6) is 0 Å². The largest absolute Gasteiger partial charge is 0.315 e. The minimum atomic E-state index is -0.266. The van der Waals surface area contributed by atoms with E-state index < -0.39 is 0 Å². The quantitative estimate of drug-likeness (QED) is 0.789. The van der Waals surface area contributed by atoms with Gasteiger partial charge >= 0.3 is 0 Å². The zero-order valence-corrected chi connectivity index (χ0v) is 11.6. The second-order valence-corrected chi connectivity index (χ2v) is 4.96. The molecule has 2 aromatic heterocycles. The van der Waals surface area contributed by atoms with E-state index in [1.165, 1.54) is 12.1 Å². The highest BCUT2D eigenvalue weighted by atomic mass is 79.9. The minimum Gasteiger partial charge on any atom is -0.315 e. The number of nitrogens with one attached hydrogen (secondary N) is 1. The number of fused-ring (bicyclic) bond motifs is 3. The number of aromatic nitrogens is 3. The van der Waals surface area contributed by atoms with Crippen molar-refractivity contribution in [3.63, 3.8) is 0 Å². The maximum atomic E-state index is 13.2. The van der Waals surface area contributed by atoms with E-state index in [0.717, 1.165) is 28.1 Å². The SMILES string of the molecule is CNCc1c(Br)n2c3ccc(F)cc3nc2n1C. The van der Waals surface area contributed by atoms with Gasteiger partial charge in [-0.15, -0.1) is 0 Å². The number of hydrogen-bond acceptors (Lipinski definition) is 2. The van der Waals surface area contributed by atoms with E-state index in [1.807, 2.05) is 23.1 Å². The van der Waals surface area contributed by atoms with Crippen molar-refractivity contribution in [1.29, 1.82) is 0 Å². The molecule has 3 aromatic rings. The Morgan fingerprint density at radius 2 is 2.22 bits per heavy atom. The minimum absolute atomic E-state index is 0.266. The fraction of sp³-hybridized carbons (Fsp3) is 0.250. The Balaban J connectivity index is 2.41. The van der Waals surface area contributed by atoms with Crippen molar-refractivity contribution < 1.29 is 4.39 Å². The fourth-order valence-corrected chi connectivity index (χ4v) is 2.96. The second kappa shape index (κ2) is 4.07. The van der Waals surface area contributed by atoms with Crippen LogP contribution in [0.15, 0.2) is 22.8 Å². The van der Waals surface area contributed by atoms with Crippen molar-refractivity contribution in [1.82, 2.24) is 19.3 Å². The third-order valence-corrected chi connectivity index (χ3v) is 3.89. The van der Waals surface area contributed by atoms with Crippen LogP contribution in [0.4, 0.5) is 4.39 Å². The summed E-state index contributed by atoms with van der Waals surface area (Å²) in [6.07, 6.45) is 0.